The van der Waals surface area contributed by atoms with Gasteiger partial charge < -0.3 is 25.8 Å². The Hall–Kier alpha value is -1.92. The zero-order valence-electron chi connectivity index (χ0n) is 21.6. The van der Waals surface area contributed by atoms with Gasteiger partial charge in [0.1, 0.15) is 6.04 Å². The molecule has 1 heterocycles. The summed E-state index contributed by atoms with van der Waals surface area (Å²) in [5.41, 5.74) is -2.32. The van der Waals surface area contributed by atoms with Crippen LogP contribution in [0.15, 0.2) is 0 Å². The molecular weight excluding hydrogens is 490 g/mol. The van der Waals surface area contributed by atoms with Crippen LogP contribution in [0.5, 0.6) is 0 Å². The molecule has 0 aromatic rings. The van der Waals surface area contributed by atoms with Crippen molar-refractivity contribution in [3.05, 3.63) is 0 Å². The lowest BCUT2D eigenvalue weighted by molar-refractivity contribution is -0.126. The van der Waals surface area contributed by atoms with E-state index in [1.54, 1.807) is 0 Å². The van der Waals surface area contributed by atoms with Crippen molar-refractivity contribution in [1.29, 1.82) is 0 Å². The second-order valence-corrected chi connectivity index (χ2v) is 12.1. The molecule has 1 aliphatic heterocycles. The second-order valence-electron chi connectivity index (χ2n) is 10.6. The minimum Gasteiger partial charge on any atom is -0.449 e. The highest BCUT2D eigenvalue weighted by molar-refractivity contribution is 7.86. The van der Waals surface area contributed by atoms with Gasteiger partial charge in [-0.2, -0.15) is 8.42 Å². The molecule has 208 valence electrons. The average Bonchev–Trinajstić information content (AvgIpc) is 3.20. The Balaban J connectivity index is 1.97. The van der Waals surface area contributed by atoms with Gasteiger partial charge in [-0.3, -0.25) is 14.1 Å². The lowest BCUT2D eigenvalue weighted by Gasteiger charge is -2.29. The fourth-order valence-corrected chi connectivity index (χ4v) is 5.68. The summed E-state index contributed by atoms with van der Waals surface area (Å²) < 4.78 is 37.9. The van der Waals surface area contributed by atoms with Crippen LogP contribution < -0.4 is 16.0 Å². The van der Waals surface area contributed by atoms with Crippen LogP contribution in [-0.2, 0) is 24.4 Å². The highest BCUT2D eigenvalue weighted by atomic mass is 32.2. The lowest BCUT2D eigenvalue weighted by Crippen LogP contribution is -2.55. The Morgan fingerprint density at radius 3 is 2.28 bits per heavy atom. The van der Waals surface area contributed by atoms with E-state index < -0.39 is 45.6 Å². The molecule has 1 saturated heterocycles. The number of hydrogen-bond donors (Lipinski definition) is 5. The zero-order valence-corrected chi connectivity index (χ0v) is 22.4. The second kappa shape index (κ2) is 14.1. The topological polar surface area (TPSA) is 171 Å². The van der Waals surface area contributed by atoms with Crippen LogP contribution >= 0.6 is 0 Å². The highest BCUT2D eigenvalue weighted by Crippen LogP contribution is 2.31. The third-order valence-corrected chi connectivity index (χ3v) is 8.05. The molecule has 1 saturated carbocycles. The number of aliphatic hydroxyl groups is 1. The summed E-state index contributed by atoms with van der Waals surface area (Å²) in [6.07, 6.45) is 6.35. The van der Waals surface area contributed by atoms with Crippen LogP contribution in [0.25, 0.3) is 0 Å². The van der Waals surface area contributed by atoms with Crippen molar-refractivity contribution in [3.8, 4) is 0 Å². The van der Waals surface area contributed by atoms with Gasteiger partial charge in [0.05, 0.1) is 12.6 Å². The summed E-state index contributed by atoms with van der Waals surface area (Å²) in [5.74, 6) is -0.651. The molecule has 1 aliphatic carbocycles. The Morgan fingerprint density at radius 1 is 1.11 bits per heavy atom. The van der Waals surface area contributed by atoms with E-state index in [0.717, 1.165) is 31.6 Å². The molecule has 0 spiro atoms. The minimum atomic E-state index is -4.91. The summed E-state index contributed by atoms with van der Waals surface area (Å²) in [6.45, 7) is 6.56. The number of nitrogens with one attached hydrogen (secondary N) is 3. The Kier molecular flexibility index (Phi) is 11.9. The molecule has 0 aromatic heterocycles. The maximum atomic E-state index is 13.0. The van der Waals surface area contributed by atoms with Gasteiger partial charge in [0.15, 0.2) is 0 Å². The van der Waals surface area contributed by atoms with Crippen molar-refractivity contribution in [2.24, 2.45) is 23.7 Å². The summed E-state index contributed by atoms with van der Waals surface area (Å²) >= 11 is 0. The van der Waals surface area contributed by atoms with Crippen LogP contribution in [0.4, 0.5) is 4.79 Å². The van der Waals surface area contributed by atoms with Gasteiger partial charge >= 0.3 is 6.09 Å². The molecule has 36 heavy (non-hydrogen) atoms. The van der Waals surface area contributed by atoms with E-state index in [4.69, 9.17) is 4.74 Å². The molecule has 11 nitrogen and oxygen atoms in total. The van der Waals surface area contributed by atoms with Gasteiger partial charge in [-0.25, -0.2) is 4.79 Å². The standard InChI is InChI=1S/C24H43N3O8S/c1-4-5-16-6-8-17(9-7-16)14-35-24(31)27-19(12-15(2)3)22(29)26-20(23(30)36(32,33)34)13-18-10-11-25-21(18)28/h15-20,23,30H,4-14H2,1-3H3,(H,25,28)(H,26,29)(H,27,31)(H,32,33,34)/t16?,17?,18-,19-,20-,23+/m0/s1. The van der Waals surface area contributed by atoms with Crippen LogP contribution in [0.3, 0.4) is 0 Å². The van der Waals surface area contributed by atoms with Gasteiger partial charge in [0.2, 0.25) is 17.3 Å². The molecule has 2 rings (SSSR count). The van der Waals surface area contributed by atoms with E-state index in [-0.39, 0.29) is 37.2 Å². The number of amides is 3. The van der Waals surface area contributed by atoms with E-state index in [2.05, 4.69) is 22.9 Å². The van der Waals surface area contributed by atoms with E-state index >= 15 is 0 Å². The van der Waals surface area contributed by atoms with Gasteiger partial charge in [-0.1, -0.05) is 46.5 Å². The van der Waals surface area contributed by atoms with Crippen LogP contribution in [0.2, 0.25) is 0 Å². The molecular formula is C24H43N3O8S. The highest BCUT2D eigenvalue weighted by Gasteiger charge is 2.38. The van der Waals surface area contributed by atoms with Gasteiger partial charge in [-0.05, 0) is 49.9 Å². The molecule has 0 aromatic carbocycles. The van der Waals surface area contributed by atoms with Crippen molar-refractivity contribution in [2.75, 3.05) is 13.2 Å². The number of aliphatic hydroxyl groups excluding tert-OH is 1. The van der Waals surface area contributed by atoms with Crippen molar-refractivity contribution in [1.82, 2.24) is 16.0 Å². The molecule has 4 atom stereocenters. The molecule has 0 bridgehead atoms. The monoisotopic (exact) mass is 533 g/mol. The minimum absolute atomic E-state index is 0.000418. The summed E-state index contributed by atoms with van der Waals surface area (Å²) in [4.78, 5) is 37.5. The average molecular weight is 534 g/mol. The fourth-order valence-electron chi connectivity index (χ4n) is 5.09. The van der Waals surface area contributed by atoms with Crippen LogP contribution in [0.1, 0.15) is 78.6 Å². The van der Waals surface area contributed by atoms with E-state index in [1.807, 2.05) is 13.8 Å². The number of ether oxygens (including phenoxy) is 1. The summed E-state index contributed by atoms with van der Waals surface area (Å²) in [6, 6.07) is -2.49. The number of alkyl carbamates (subject to hydrolysis) is 1. The summed E-state index contributed by atoms with van der Waals surface area (Å²) in [5, 5.41) is 17.8. The third-order valence-electron chi connectivity index (χ3n) is 7.11. The molecule has 3 amide bonds. The largest absolute Gasteiger partial charge is 0.449 e. The Morgan fingerprint density at radius 2 is 1.75 bits per heavy atom. The Bertz CT molecular complexity index is 842. The fraction of sp³-hybridized carbons (Fsp3) is 0.875. The normalized spacial score (nSPS) is 25.1. The third kappa shape index (κ3) is 9.85. The molecule has 2 aliphatic rings. The van der Waals surface area contributed by atoms with Gasteiger partial charge in [0.25, 0.3) is 10.1 Å². The first kappa shape index (κ1) is 30.3. The first-order valence-corrected chi connectivity index (χ1v) is 14.6. The molecule has 0 radical (unpaired) electrons. The van der Waals surface area contributed by atoms with Crippen LogP contribution in [0, 0.1) is 23.7 Å². The maximum Gasteiger partial charge on any atom is 0.407 e. The predicted molar refractivity (Wildman–Crippen MR) is 133 cm³/mol. The van der Waals surface area contributed by atoms with E-state index in [1.165, 1.54) is 12.8 Å². The smallest absolute Gasteiger partial charge is 0.407 e. The quantitative estimate of drug-likeness (QED) is 0.224. The number of carbonyl (C=O) groups is 3. The predicted octanol–water partition coefficient (Wildman–Crippen LogP) is 1.95. The molecule has 0 unspecified atom stereocenters. The van der Waals surface area contributed by atoms with E-state index in [0.29, 0.717) is 13.0 Å². The first-order valence-electron chi connectivity index (χ1n) is 13.1. The number of carbonyl (C=O) groups excluding carboxylic acids is 3. The first-order chi connectivity index (χ1) is 16.9. The van der Waals surface area contributed by atoms with Crippen LogP contribution in [-0.4, -0.2) is 66.7 Å². The SMILES string of the molecule is CCCC1CCC(COC(=O)N[C@@H](CC(C)C)C(=O)N[C@@H](C[C@@H]2CCNC2=O)[C@H](O)S(=O)(=O)O)CC1. The van der Waals surface area contributed by atoms with Gasteiger partial charge in [0, 0.05) is 12.5 Å². The molecule has 12 heteroatoms. The summed E-state index contributed by atoms with van der Waals surface area (Å²) in [7, 11) is -4.91. The molecule has 2 fully saturated rings. The van der Waals surface area contributed by atoms with Gasteiger partial charge in [-0.15, -0.1) is 0 Å². The number of hydrogen-bond acceptors (Lipinski definition) is 7. The Labute approximate surface area is 214 Å². The zero-order chi connectivity index (χ0) is 26.9. The van der Waals surface area contributed by atoms with Crippen molar-refractivity contribution in [2.45, 2.75) is 96.1 Å². The number of rotatable bonds is 13. The van der Waals surface area contributed by atoms with Crippen molar-refractivity contribution < 1.29 is 37.2 Å². The lowest BCUT2D eigenvalue weighted by atomic mass is 9.80. The molecule has 5 N–H and O–H groups in total. The van der Waals surface area contributed by atoms with Crippen molar-refractivity contribution >= 4 is 28.0 Å². The van der Waals surface area contributed by atoms with Crippen molar-refractivity contribution in [3.63, 3.8) is 0 Å². The van der Waals surface area contributed by atoms with E-state index in [9.17, 15) is 32.5 Å². The maximum absolute atomic E-state index is 13.0.